The van der Waals surface area contributed by atoms with Gasteiger partial charge in [-0.3, -0.25) is 4.99 Å². The van der Waals surface area contributed by atoms with Crippen LogP contribution in [0.25, 0.3) is 0 Å². The van der Waals surface area contributed by atoms with E-state index in [1.54, 1.807) is 18.4 Å². The van der Waals surface area contributed by atoms with E-state index in [1.807, 2.05) is 6.92 Å². The first-order chi connectivity index (χ1) is 10.7. The number of aliphatic imine (C=N–C) groups is 1. The largest absolute Gasteiger partial charge is 0.382 e. The summed E-state index contributed by atoms with van der Waals surface area (Å²) in [4.78, 5) is 10.2. The van der Waals surface area contributed by atoms with E-state index in [1.165, 1.54) is 15.6 Å². The molecule has 0 aliphatic rings. The van der Waals surface area contributed by atoms with Gasteiger partial charge in [-0.1, -0.05) is 6.92 Å². The molecule has 0 unspecified atom stereocenters. The van der Waals surface area contributed by atoms with E-state index in [0.717, 1.165) is 57.9 Å². The first-order valence-corrected chi connectivity index (χ1v) is 9.00. The average Bonchev–Trinajstić information content (AvgIpc) is 2.88. The van der Waals surface area contributed by atoms with Gasteiger partial charge in [0, 0.05) is 44.6 Å². The molecule has 1 aromatic rings. The van der Waals surface area contributed by atoms with E-state index in [0.29, 0.717) is 0 Å². The van der Waals surface area contributed by atoms with E-state index in [-0.39, 0.29) is 24.0 Å². The Kier molecular flexibility index (Phi) is 13.7. The number of ether oxygens (including phenoxy) is 1. The summed E-state index contributed by atoms with van der Waals surface area (Å²) in [6.45, 7) is 9.74. The second kappa shape index (κ2) is 14.0. The fraction of sp³-hybridized carbons (Fsp3) is 0.750. The van der Waals surface area contributed by atoms with Gasteiger partial charge in [0.2, 0.25) is 0 Å². The normalized spacial score (nSPS) is 11.2. The summed E-state index contributed by atoms with van der Waals surface area (Å²) >= 11 is 1.80. The Morgan fingerprint density at radius 2 is 1.96 bits per heavy atom. The van der Waals surface area contributed by atoms with E-state index >= 15 is 0 Å². The predicted molar refractivity (Wildman–Crippen MR) is 110 cm³/mol. The summed E-state index contributed by atoms with van der Waals surface area (Å²) in [6.07, 6.45) is 4.12. The number of aryl methyl sites for hydroxylation is 2. The lowest BCUT2D eigenvalue weighted by atomic mass is 10.3. The zero-order chi connectivity index (χ0) is 16.2. The van der Waals surface area contributed by atoms with Crippen LogP contribution in [0.3, 0.4) is 0 Å². The number of hydrogen-bond acceptors (Lipinski definition) is 4. The fourth-order valence-corrected chi connectivity index (χ4v) is 3.13. The maximum atomic E-state index is 5.32. The number of aromatic nitrogens is 1. The molecule has 0 aliphatic carbocycles. The molecule has 0 atom stereocenters. The van der Waals surface area contributed by atoms with Crippen molar-refractivity contribution in [3.05, 3.63) is 15.6 Å². The van der Waals surface area contributed by atoms with Gasteiger partial charge in [-0.05, 0) is 33.1 Å². The molecular formula is C16H31IN4OS. The van der Waals surface area contributed by atoms with Gasteiger partial charge in [-0.25, -0.2) is 4.98 Å². The minimum Gasteiger partial charge on any atom is -0.382 e. The van der Waals surface area contributed by atoms with Crippen LogP contribution in [-0.4, -0.2) is 44.3 Å². The van der Waals surface area contributed by atoms with Gasteiger partial charge in [0.05, 0.1) is 10.7 Å². The van der Waals surface area contributed by atoms with Crippen molar-refractivity contribution in [1.29, 1.82) is 0 Å². The molecule has 0 bridgehead atoms. The highest BCUT2D eigenvalue weighted by atomic mass is 127. The summed E-state index contributed by atoms with van der Waals surface area (Å²) in [6, 6.07) is 0. The lowest BCUT2D eigenvalue weighted by molar-refractivity contribution is 0.143. The SMILES string of the molecule is CCOCCCCNC(=NC)NCCc1nc(CC)c(C)s1.I. The minimum absolute atomic E-state index is 0. The maximum Gasteiger partial charge on any atom is 0.190 e. The summed E-state index contributed by atoms with van der Waals surface area (Å²) < 4.78 is 5.32. The Labute approximate surface area is 161 Å². The van der Waals surface area contributed by atoms with E-state index in [4.69, 9.17) is 4.74 Å². The molecule has 1 aromatic heterocycles. The summed E-state index contributed by atoms with van der Waals surface area (Å²) in [5.41, 5.74) is 1.23. The molecule has 0 radical (unpaired) electrons. The number of nitrogens with zero attached hydrogens (tertiary/aromatic N) is 2. The molecule has 0 saturated heterocycles. The van der Waals surface area contributed by atoms with Gasteiger partial charge >= 0.3 is 0 Å². The molecule has 5 nitrogen and oxygen atoms in total. The van der Waals surface area contributed by atoms with Crippen LogP contribution in [0.2, 0.25) is 0 Å². The Balaban J connectivity index is 0.00000484. The van der Waals surface area contributed by atoms with Crippen molar-refractivity contribution in [2.24, 2.45) is 4.99 Å². The standard InChI is InChI=1S/C16H30N4OS.HI/c1-5-14-13(3)22-15(20-14)9-11-19-16(17-4)18-10-7-8-12-21-6-2;/h5-12H2,1-4H3,(H2,17,18,19);1H. The van der Waals surface area contributed by atoms with Crippen LogP contribution >= 0.6 is 35.3 Å². The Morgan fingerprint density at radius 1 is 1.22 bits per heavy atom. The third-order valence-electron chi connectivity index (χ3n) is 3.34. The molecule has 7 heteroatoms. The van der Waals surface area contributed by atoms with Crippen LogP contribution < -0.4 is 10.6 Å². The lowest BCUT2D eigenvalue weighted by Gasteiger charge is -2.11. The molecule has 0 aromatic carbocycles. The molecule has 23 heavy (non-hydrogen) atoms. The summed E-state index contributed by atoms with van der Waals surface area (Å²) in [5, 5.41) is 7.87. The van der Waals surface area contributed by atoms with Gasteiger partial charge in [-0.2, -0.15) is 0 Å². The summed E-state index contributed by atoms with van der Waals surface area (Å²) in [5.74, 6) is 0.861. The number of rotatable bonds is 10. The maximum absolute atomic E-state index is 5.32. The van der Waals surface area contributed by atoms with Crippen molar-refractivity contribution < 1.29 is 4.74 Å². The molecule has 134 valence electrons. The second-order valence-corrected chi connectivity index (χ2v) is 6.33. The van der Waals surface area contributed by atoms with E-state index in [2.05, 4.69) is 34.5 Å². The van der Waals surface area contributed by atoms with Crippen LogP contribution in [-0.2, 0) is 17.6 Å². The highest BCUT2D eigenvalue weighted by Gasteiger charge is 2.05. The van der Waals surface area contributed by atoms with Crippen LogP contribution in [0.1, 0.15) is 42.3 Å². The van der Waals surface area contributed by atoms with E-state index in [9.17, 15) is 0 Å². The molecule has 0 aliphatic heterocycles. The van der Waals surface area contributed by atoms with Gasteiger partial charge in [0.25, 0.3) is 0 Å². The van der Waals surface area contributed by atoms with Crippen LogP contribution in [0, 0.1) is 6.92 Å². The molecule has 1 rings (SSSR count). The first-order valence-electron chi connectivity index (χ1n) is 8.18. The zero-order valence-electron chi connectivity index (χ0n) is 14.8. The molecule has 1 heterocycles. The zero-order valence-corrected chi connectivity index (χ0v) is 17.9. The first kappa shape index (κ1) is 22.6. The lowest BCUT2D eigenvalue weighted by Crippen LogP contribution is -2.38. The number of halogens is 1. The fourth-order valence-electron chi connectivity index (χ4n) is 2.11. The average molecular weight is 454 g/mol. The molecular weight excluding hydrogens is 423 g/mol. The molecule has 0 amide bonds. The van der Waals surface area contributed by atoms with Gasteiger partial charge in [0.1, 0.15) is 0 Å². The topological polar surface area (TPSA) is 58.5 Å². The third kappa shape index (κ3) is 9.46. The van der Waals surface area contributed by atoms with Gasteiger partial charge in [0.15, 0.2) is 5.96 Å². The van der Waals surface area contributed by atoms with Crippen molar-refractivity contribution in [3.63, 3.8) is 0 Å². The monoisotopic (exact) mass is 454 g/mol. The smallest absolute Gasteiger partial charge is 0.190 e. The van der Waals surface area contributed by atoms with Crippen LogP contribution in [0.4, 0.5) is 0 Å². The number of unbranched alkanes of at least 4 members (excludes halogenated alkanes) is 1. The van der Waals surface area contributed by atoms with Crippen molar-refractivity contribution in [1.82, 2.24) is 15.6 Å². The number of thiazole rings is 1. The summed E-state index contributed by atoms with van der Waals surface area (Å²) in [7, 11) is 1.80. The van der Waals surface area contributed by atoms with Crippen LogP contribution in [0.5, 0.6) is 0 Å². The van der Waals surface area contributed by atoms with Gasteiger partial charge < -0.3 is 15.4 Å². The molecule has 2 N–H and O–H groups in total. The van der Waals surface area contributed by atoms with Crippen molar-refractivity contribution in [2.75, 3.05) is 33.4 Å². The van der Waals surface area contributed by atoms with Crippen molar-refractivity contribution in [2.45, 2.75) is 46.5 Å². The number of guanidine groups is 1. The molecule has 0 spiro atoms. The van der Waals surface area contributed by atoms with Crippen molar-refractivity contribution >= 4 is 41.3 Å². The van der Waals surface area contributed by atoms with Crippen molar-refractivity contribution in [3.8, 4) is 0 Å². The Hall–Kier alpha value is -0.410. The predicted octanol–water partition coefficient (Wildman–Crippen LogP) is 3.16. The molecule has 0 saturated carbocycles. The number of nitrogens with one attached hydrogen (secondary N) is 2. The molecule has 0 fully saturated rings. The second-order valence-electron chi connectivity index (χ2n) is 5.04. The van der Waals surface area contributed by atoms with Gasteiger partial charge in [-0.15, -0.1) is 35.3 Å². The Morgan fingerprint density at radius 3 is 2.57 bits per heavy atom. The Bertz CT molecular complexity index is 451. The highest BCUT2D eigenvalue weighted by Crippen LogP contribution is 2.17. The third-order valence-corrected chi connectivity index (χ3v) is 4.41. The number of hydrogen-bond donors (Lipinski definition) is 2. The van der Waals surface area contributed by atoms with E-state index < -0.39 is 0 Å². The quantitative estimate of drug-likeness (QED) is 0.247. The highest BCUT2D eigenvalue weighted by molar-refractivity contribution is 14.0. The minimum atomic E-state index is 0. The van der Waals surface area contributed by atoms with Crippen LogP contribution in [0.15, 0.2) is 4.99 Å².